The lowest BCUT2D eigenvalue weighted by Gasteiger charge is -2.27. The molecule has 3 nitrogen and oxygen atoms in total. The van der Waals surface area contributed by atoms with E-state index in [0.29, 0.717) is 6.54 Å². The van der Waals surface area contributed by atoms with Gasteiger partial charge in [-0.25, -0.2) is 0 Å². The van der Waals surface area contributed by atoms with E-state index in [2.05, 4.69) is 25.6 Å². The number of likely N-dealkylation sites (N-methyl/N-ethyl adjacent to an activating group) is 1. The summed E-state index contributed by atoms with van der Waals surface area (Å²) in [5, 5.41) is 0. The maximum atomic E-state index is 12.4. The van der Waals surface area contributed by atoms with Gasteiger partial charge in [-0.3, -0.25) is 4.90 Å². The normalized spacial score (nSPS) is 19.2. The number of hydrogen-bond acceptors (Lipinski definition) is 3. The third-order valence-electron chi connectivity index (χ3n) is 3.47. The Kier molecular flexibility index (Phi) is 6.39. The summed E-state index contributed by atoms with van der Waals surface area (Å²) in [6.45, 7) is -0.658. The lowest BCUT2D eigenvalue weighted by atomic mass is 10.1. The molecule has 1 aromatic carbocycles. The molecule has 1 atom stereocenters. The van der Waals surface area contributed by atoms with Crippen LogP contribution in [0.5, 0.6) is 5.75 Å². The van der Waals surface area contributed by atoms with Crippen molar-refractivity contribution in [2.24, 2.45) is 0 Å². The summed E-state index contributed by atoms with van der Waals surface area (Å²) in [7, 11) is 1.96. The molecule has 1 heterocycles. The molecular formula is C15H20BrF2NO2. The zero-order valence-electron chi connectivity index (χ0n) is 12.0. The molecule has 0 amide bonds. The Morgan fingerprint density at radius 2 is 2.24 bits per heavy atom. The fourth-order valence-electron chi connectivity index (χ4n) is 2.54. The van der Waals surface area contributed by atoms with Crippen molar-refractivity contribution in [3.8, 4) is 5.75 Å². The van der Waals surface area contributed by atoms with E-state index in [1.54, 1.807) is 12.1 Å². The summed E-state index contributed by atoms with van der Waals surface area (Å²) in [5.74, 6) is 0.226. The molecule has 1 aromatic rings. The van der Waals surface area contributed by atoms with E-state index in [9.17, 15) is 8.78 Å². The van der Waals surface area contributed by atoms with E-state index in [-0.39, 0.29) is 11.9 Å². The number of rotatable bonds is 6. The second kappa shape index (κ2) is 8.06. The van der Waals surface area contributed by atoms with Crippen LogP contribution in [-0.2, 0) is 11.3 Å². The number of halogens is 3. The molecule has 0 saturated carbocycles. The van der Waals surface area contributed by atoms with Gasteiger partial charge in [0.25, 0.3) is 0 Å². The van der Waals surface area contributed by atoms with Gasteiger partial charge in [-0.15, -0.1) is 0 Å². The third-order valence-corrected chi connectivity index (χ3v) is 3.96. The Hall–Kier alpha value is -0.720. The Bertz CT molecular complexity index is 453. The zero-order valence-corrected chi connectivity index (χ0v) is 13.6. The molecule has 118 valence electrons. The Morgan fingerprint density at radius 3 is 2.90 bits per heavy atom. The van der Waals surface area contributed by atoms with E-state index < -0.39 is 6.61 Å². The van der Waals surface area contributed by atoms with Gasteiger partial charge >= 0.3 is 6.61 Å². The molecule has 1 aliphatic rings. The van der Waals surface area contributed by atoms with E-state index in [0.717, 1.165) is 36.0 Å². The van der Waals surface area contributed by atoms with Crippen molar-refractivity contribution in [3.63, 3.8) is 0 Å². The lowest BCUT2D eigenvalue weighted by Crippen LogP contribution is -2.33. The quantitative estimate of drug-likeness (QED) is 0.760. The molecule has 0 radical (unpaired) electrons. The van der Waals surface area contributed by atoms with Crippen molar-refractivity contribution in [3.05, 3.63) is 28.2 Å². The van der Waals surface area contributed by atoms with Crippen molar-refractivity contribution in [1.82, 2.24) is 4.90 Å². The van der Waals surface area contributed by atoms with Crippen LogP contribution in [0, 0.1) is 0 Å². The van der Waals surface area contributed by atoms with Gasteiger partial charge in [0, 0.05) is 29.7 Å². The molecule has 1 saturated heterocycles. The molecule has 0 aliphatic carbocycles. The first-order valence-corrected chi connectivity index (χ1v) is 7.87. The monoisotopic (exact) mass is 363 g/mol. The molecule has 21 heavy (non-hydrogen) atoms. The standard InChI is InChI=1S/C15H20BrF2NO2/c1-19(10-13-4-2-3-7-20-13)9-11-8-12(16)5-6-14(11)21-15(17)18/h5-6,8,13,15H,2-4,7,9-10H2,1H3/t13-/m1/s1. The Balaban J connectivity index is 1.98. The summed E-state index contributed by atoms with van der Waals surface area (Å²) in [4.78, 5) is 2.08. The fraction of sp³-hybridized carbons (Fsp3) is 0.600. The summed E-state index contributed by atoms with van der Waals surface area (Å²) in [6, 6.07) is 5.08. The number of ether oxygens (including phenoxy) is 2. The molecule has 0 spiro atoms. The van der Waals surface area contributed by atoms with Gasteiger partial charge in [-0.1, -0.05) is 15.9 Å². The average Bonchev–Trinajstić information content (AvgIpc) is 2.42. The van der Waals surface area contributed by atoms with Crippen LogP contribution in [-0.4, -0.2) is 37.8 Å². The first-order valence-electron chi connectivity index (χ1n) is 7.08. The molecule has 1 fully saturated rings. The predicted octanol–water partition coefficient (Wildman–Crippen LogP) is 4.05. The molecule has 0 aromatic heterocycles. The Morgan fingerprint density at radius 1 is 1.43 bits per heavy atom. The average molecular weight is 364 g/mol. The SMILES string of the molecule is CN(Cc1cc(Br)ccc1OC(F)F)C[C@H]1CCCCO1. The van der Waals surface area contributed by atoms with Crippen LogP contribution < -0.4 is 4.74 Å². The number of hydrogen-bond donors (Lipinski definition) is 0. The maximum absolute atomic E-state index is 12.4. The maximum Gasteiger partial charge on any atom is 0.387 e. The van der Waals surface area contributed by atoms with Crippen LogP contribution in [0.4, 0.5) is 8.78 Å². The van der Waals surface area contributed by atoms with Crippen LogP contribution in [0.2, 0.25) is 0 Å². The van der Waals surface area contributed by atoms with Crippen LogP contribution in [0.3, 0.4) is 0 Å². The van der Waals surface area contributed by atoms with Gasteiger partial charge < -0.3 is 9.47 Å². The first kappa shape index (κ1) is 16.6. The largest absolute Gasteiger partial charge is 0.434 e. The molecule has 0 N–H and O–H groups in total. The second-order valence-corrected chi connectivity index (χ2v) is 6.23. The smallest absolute Gasteiger partial charge is 0.387 e. The van der Waals surface area contributed by atoms with Crippen LogP contribution in [0.15, 0.2) is 22.7 Å². The minimum atomic E-state index is -2.81. The number of benzene rings is 1. The highest BCUT2D eigenvalue weighted by Gasteiger charge is 2.17. The van der Waals surface area contributed by atoms with Crippen molar-refractivity contribution in [1.29, 1.82) is 0 Å². The highest BCUT2D eigenvalue weighted by atomic mass is 79.9. The number of nitrogens with zero attached hydrogens (tertiary/aromatic N) is 1. The van der Waals surface area contributed by atoms with Crippen molar-refractivity contribution in [2.75, 3.05) is 20.2 Å². The topological polar surface area (TPSA) is 21.7 Å². The van der Waals surface area contributed by atoms with Gasteiger partial charge in [0.15, 0.2) is 0 Å². The first-order chi connectivity index (χ1) is 10.0. The fourth-order valence-corrected chi connectivity index (χ4v) is 2.95. The summed E-state index contributed by atoms with van der Waals surface area (Å²) in [5.41, 5.74) is 0.739. The molecule has 1 aliphatic heterocycles. The molecule has 6 heteroatoms. The van der Waals surface area contributed by atoms with Gasteiger partial charge in [-0.2, -0.15) is 8.78 Å². The van der Waals surface area contributed by atoms with Gasteiger partial charge in [-0.05, 0) is 44.5 Å². The minimum Gasteiger partial charge on any atom is -0.434 e. The van der Waals surface area contributed by atoms with E-state index in [1.807, 2.05) is 13.1 Å². The summed E-state index contributed by atoms with van der Waals surface area (Å²) < 4.78 is 36.0. The summed E-state index contributed by atoms with van der Waals surface area (Å²) >= 11 is 3.36. The van der Waals surface area contributed by atoms with Gasteiger partial charge in [0.05, 0.1) is 6.10 Å². The van der Waals surface area contributed by atoms with Crippen molar-refractivity contribution < 1.29 is 18.3 Å². The van der Waals surface area contributed by atoms with E-state index in [4.69, 9.17) is 4.74 Å². The molecule has 0 bridgehead atoms. The van der Waals surface area contributed by atoms with Crippen molar-refractivity contribution >= 4 is 15.9 Å². The highest BCUT2D eigenvalue weighted by molar-refractivity contribution is 9.10. The molecule has 0 unspecified atom stereocenters. The van der Waals surface area contributed by atoms with Crippen molar-refractivity contribution in [2.45, 2.75) is 38.5 Å². The predicted molar refractivity (Wildman–Crippen MR) is 80.7 cm³/mol. The van der Waals surface area contributed by atoms with E-state index >= 15 is 0 Å². The van der Waals surface area contributed by atoms with E-state index in [1.165, 1.54) is 6.42 Å². The zero-order chi connectivity index (χ0) is 15.2. The molecular weight excluding hydrogens is 344 g/mol. The number of alkyl halides is 2. The van der Waals surface area contributed by atoms with Crippen LogP contribution >= 0.6 is 15.9 Å². The highest BCUT2D eigenvalue weighted by Crippen LogP contribution is 2.26. The van der Waals surface area contributed by atoms with Crippen LogP contribution in [0.1, 0.15) is 24.8 Å². The Labute approximate surface area is 132 Å². The molecule has 2 rings (SSSR count). The van der Waals surface area contributed by atoms with Crippen LogP contribution in [0.25, 0.3) is 0 Å². The second-order valence-electron chi connectivity index (χ2n) is 5.32. The van der Waals surface area contributed by atoms with Gasteiger partial charge in [0.2, 0.25) is 0 Å². The third kappa shape index (κ3) is 5.52. The lowest BCUT2D eigenvalue weighted by molar-refractivity contribution is -0.0510. The van der Waals surface area contributed by atoms with Gasteiger partial charge in [0.1, 0.15) is 5.75 Å². The summed E-state index contributed by atoms with van der Waals surface area (Å²) in [6.07, 6.45) is 3.60. The minimum absolute atomic E-state index is 0.226.